The molecule has 5 heteroatoms. The van der Waals surface area contributed by atoms with Gasteiger partial charge in [-0.2, -0.15) is 0 Å². The molecule has 0 aliphatic carbocycles. The maximum absolute atomic E-state index is 5.57. The molecule has 0 radical (unpaired) electrons. The fraction of sp³-hybridized carbons (Fsp3) is 0.273. The Labute approximate surface area is 110 Å². The normalized spacial score (nSPS) is 12.9. The van der Waals surface area contributed by atoms with E-state index >= 15 is 0 Å². The third kappa shape index (κ3) is 2.42. The molecule has 0 spiro atoms. The van der Waals surface area contributed by atoms with Gasteiger partial charge in [-0.3, -0.25) is 0 Å². The maximum atomic E-state index is 5.57. The molecule has 1 unspecified atom stereocenters. The second-order valence-electron chi connectivity index (χ2n) is 3.28. The van der Waals surface area contributed by atoms with Crippen LogP contribution in [0.2, 0.25) is 0 Å². The highest BCUT2D eigenvalue weighted by atomic mass is 79.9. The van der Waals surface area contributed by atoms with E-state index in [1.807, 2.05) is 18.2 Å². The predicted molar refractivity (Wildman–Crippen MR) is 68.3 cm³/mol. The topological polar surface area (TPSA) is 38.3 Å². The summed E-state index contributed by atoms with van der Waals surface area (Å²) in [5.41, 5.74) is 1.03. The molecular weight excluding hydrogens is 338 g/mol. The minimum absolute atomic E-state index is 0.00410. The molecule has 86 valence electrons. The first-order valence-corrected chi connectivity index (χ1v) is 6.52. The number of furan rings is 2. The standard InChI is InChI=1S/C11H11Br2NO2/c1-2-14-10(7-5-6-15-11(7)13)8-3-4-9(12)16-8/h3-6,10,14H,2H2,1H3. The Morgan fingerprint density at radius 3 is 2.62 bits per heavy atom. The van der Waals surface area contributed by atoms with E-state index in [2.05, 4.69) is 44.1 Å². The van der Waals surface area contributed by atoms with Crippen molar-refractivity contribution in [3.05, 3.63) is 45.1 Å². The summed E-state index contributed by atoms with van der Waals surface area (Å²) in [4.78, 5) is 0. The number of halogens is 2. The van der Waals surface area contributed by atoms with Crippen LogP contribution in [0, 0.1) is 0 Å². The molecule has 0 fully saturated rings. The Morgan fingerprint density at radius 2 is 2.12 bits per heavy atom. The molecule has 0 aromatic carbocycles. The largest absolute Gasteiger partial charge is 0.457 e. The zero-order valence-electron chi connectivity index (χ0n) is 8.67. The van der Waals surface area contributed by atoms with Crippen LogP contribution in [0.3, 0.4) is 0 Å². The van der Waals surface area contributed by atoms with Crippen LogP contribution in [-0.4, -0.2) is 6.54 Å². The lowest BCUT2D eigenvalue weighted by molar-refractivity contribution is 0.432. The van der Waals surface area contributed by atoms with Crippen molar-refractivity contribution in [1.82, 2.24) is 5.32 Å². The molecule has 16 heavy (non-hydrogen) atoms. The van der Waals surface area contributed by atoms with Gasteiger partial charge in [-0.15, -0.1) is 0 Å². The van der Waals surface area contributed by atoms with Gasteiger partial charge in [0.15, 0.2) is 9.34 Å². The molecule has 0 bridgehead atoms. The van der Waals surface area contributed by atoms with Gasteiger partial charge in [-0.1, -0.05) is 6.92 Å². The average Bonchev–Trinajstić information content (AvgIpc) is 2.84. The van der Waals surface area contributed by atoms with Gasteiger partial charge in [0, 0.05) is 5.56 Å². The van der Waals surface area contributed by atoms with Gasteiger partial charge in [0.2, 0.25) is 0 Å². The van der Waals surface area contributed by atoms with Gasteiger partial charge in [0.25, 0.3) is 0 Å². The summed E-state index contributed by atoms with van der Waals surface area (Å²) in [6.45, 7) is 2.90. The molecule has 0 aliphatic rings. The highest BCUT2D eigenvalue weighted by Gasteiger charge is 2.20. The lowest BCUT2D eigenvalue weighted by Gasteiger charge is -2.14. The third-order valence-electron chi connectivity index (χ3n) is 2.24. The summed E-state index contributed by atoms with van der Waals surface area (Å²) in [7, 11) is 0. The Hall–Kier alpha value is -0.520. The van der Waals surface area contributed by atoms with E-state index < -0.39 is 0 Å². The Kier molecular flexibility index (Phi) is 3.89. The van der Waals surface area contributed by atoms with Crippen molar-refractivity contribution in [1.29, 1.82) is 0 Å². The Bertz CT molecular complexity index is 464. The van der Waals surface area contributed by atoms with E-state index in [1.54, 1.807) is 6.26 Å². The molecule has 0 saturated carbocycles. The molecule has 0 amide bonds. The molecule has 3 nitrogen and oxygen atoms in total. The van der Waals surface area contributed by atoms with Crippen molar-refractivity contribution in [3.63, 3.8) is 0 Å². The molecule has 0 saturated heterocycles. The van der Waals surface area contributed by atoms with E-state index in [1.165, 1.54) is 0 Å². The first kappa shape index (κ1) is 12.0. The lowest BCUT2D eigenvalue weighted by atomic mass is 10.1. The Balaban J connectivity index is 2.34. The molecule has 2 aromatic heterocycles. The van der Waals surface area contributed by atoms with Crippen molar-refractivity contribution in [2.45, 2.75) is 13.0 Å². The zero-order chi connectivity index (χ0) is 11.5. The first-order chi connectivity index (χ1) is 7.72. The van der Waals surface area contributed by atoms with Crippen molar-refractivity contribution in [2.75, 3.05) is 6.54 Å². The van der Waals surface area contributed by atoms with E-state index in [0.29, 0.717) is 0 Å². The van der Waals surface area contributed by atoms with Crippen LogP contribution in [0.15, 0.2) is 42.6 Å². The van der Waals surface area contributed by atoms with Crippen LogP contribution in [0.1, 0.15) is 24.3 Å². The fourth-order valence-corrected chi connectivity index (χ4v) is 2.35. The molecular formula is C11H11Br2NO2. The average molecular weight is 349 g/mol. The lowest BCUT2D eigenvalue weighted by Crippen LogP contribution is -2.21. The minimum atomic E-state index is 0.00410. The highest BCUT2D eigenvalue weighted by molar-refractivity contribution is 9.10. The third-order valence-corrected chi connectivity index (χ3v) is 3.31. The number of hydrogen-bond acceptors (Lipinski definition) is 3. The number of hydrogen-bond donors (Lipinski definition) is 1. The van der Waals surface area contributed by atoms with Gasteiger partial charge in [-0.05, 0) is 56.6 Å². The van der Waals surface area contributed by atoms with Gasteiger partial charge in [0.1, 0.15) is 5.76 Å². The van der Waals surface area contributed by atoms with Crippen LogP contribution >= 0.6 is 31.9 Å². The van der Waals surface area contributed by atoms with Gasteiger partial charge < -0.3 is 14.2 Å². The van der Waals surface area contributed by atoms with Crippen LogP contribution in [0.5, 0.6) is 0 Å². The molecule has 1 atom stereocenters. The molecule has 1 N–H and O–H groups in total. The van der Waals surface area contributed by atoms with Gasteiger partial charge in [0.05, 0.1) is 12.3 Å². The quantitative estimate of drug-likeness (QED) is 0.904. The van der Waals surface area contributed by atoms with Crippen LogP contribution in [-0.2, 0) is 0 Å². The summed E-state index contributed by atoms with van der Waals surface area (Å²) in [6.07, 6.45) is 1.65. The molecule has 0 aliphatic heterocycles. The van der Waals surface area contributed by atoms with Crippen LogP contribution < -0.4 is 5.32 Å². The zero-order valence-corrected chi connectivity index (χ0v) is 11.8. The van der Waals surface area contributed by atoms with E-state index in [4.69, 9.17) is 8.83 Å². The summed E-state index contributed by atoms with van der Waals surface area (Å²) < 4.78 is 12.3. The number of nitrogens with one attached hydrogen (secondary N) is 1. The minimum Gasteiger partial charge on any atom is -0.457 e. The van der Waals surface area contributed by atoms with Crippen LogP contribution in [0.25, 0.3) is 0 Å². The second kappa shape index (κ2) is 5.21. The fourth-order valence-electron chi connectivity index (χ4n) is 1.56. The second-order valence-corrected chi connectivity index (χ2v) is 4.78. The summed E-state index contributed by atoms with van der Waals surface area (Å²) in [6, 6.07) is 5.75. The van der Waals surface area contributed by atoms with Crippen molar-refractivity contribution in [2.24, 2.45) is 0 Å². The monoisotopic (exact) mass is 347 g/mol. The molecule has 2 heterocycles. The van der Waals surface area contributed by atoms with Crippen LogP contribution in [0.4, 0.5) is 0 Å². The van der Waals surface area contributed by atoms with Gasteiger partial charge in [-0.25, -0.2) is 0 Å². The van der Waals surface area contributed by atoms with Crippen molar-refractivity contribution < 1.29 is 8.83 Å². The SMILES string of the molecule is CCNC(c1ccc(Br)o1)c1ccoc1Br. The van der Waals surface area contributed by atoms with Crippen molar-refractivity contribution >= 4 is 31.9 Å². The predicted octanol–water partition coefficient (Wildman–Crippen LogP) is 4.10. The first-order valence-electron chi connectivity index (χ1n) is 4.94. The van der Waals surface area contributed by atoms with E-state index in [-0.39, 0.29) is 6.04 Å². The highest BCUT2D eigenvalue weighted by Crippen LogP contribution is 2.31. The maximum Gasteiger partial charge on any atom is 0.174 e. The summed E-state index contributed by atoms with van der Waals surface area (Å²) in [5.74, 6) is 0.857. The Morgan fingerprint density at radius 1 is 1.31 bits per heavy atom. The van der Waals surface area contributed by atoms with Crippen molar-refractivity contribution in [3.8, 4) is 0 Å². The summed E-state index contributed by atoms with van der Waals surface area (Å²) >= 11 is 6.68. The van der Waals surface area contributed by atoms with E-state index in [0.717, 1.165) is 27.2 Å². The smallest absolute Gasteiger partial charge is 0.174 e. The number of rotatable bonds is 4. The molecule has 2 aromatic rings. The van der Waals surface area contributed by atoms with Gasteiger partial charge >= 0.3 is 0 Å². The summed E-state index contributed by atoms with van der Waals surface area (Å²) in [5, 5.41) is 3.35. The molecule has 2 rings (SSSR count). The van der Waals surface area contributed by atoms with E-state index in [9.17, 15) is 0 Å².